The van der Waals surface area contributed by atoms with Crippen LogP contribution in [-0.2, 0) is 6.42 Å². The number of guanidine groups is 1. The highest BCUT2D eigenvalue weighted by atomic mass is 127. The number of anilines is 1. The van der Waals surface area contributed by atoms with Gasteiger partial charge < -0.3 is 20.0 Å². The van der Waals surface area contributed by atoms with Crippen molar-refractivity contribution in [2.24, 2.45) is 4.99 Å². The molecule has 8 heteroatoms. The summed E-state index contributed by atoms with van der Waals surface area (Å²) in [4.78, 5) is 11.0. The van der Waals surface area contributed by atoms with Crippen LogP contribution in [0, 0.1) is 5.82 Å². The fourth-order valence-electron chi connectivity index (χ4n) is 4.18. The number of aromatic nitrogens is 1. The molecular formula is C22H31FIN5O. The van der Waals surface area contributed by atoms with Crippen LogP contribution in [0.4, 0.5) is 10.2 Å². The molecule has 2 aromatic heterocycles. The minimum Gasteiger partial charge on any atom is -0.469 e. The monoisotopic (exact) mass is 527 g/mol. The van der Waals surface area contributed by atoms with Gasteiger partial charge in [-0.15, -0.1) is 24.0 Å². The summed E-state index contributed by atoms with van der Waals surface area (Å²) >= 11 is 0. The number of nitrogens with zero attached hydrogens (tertiary/aromatic N) is 3. The van der Waals surface area contributed by atoms with E-state index >= 15 is 0 Å². The van der Waals surface area contributed by atoms with Gasteiger partial charge in [-0.3, -0.25) is 4.99 Å². The lowest BCUT2D eigenvalue weighted by Crippen LogP contribution is -2.49. The average Bonchev–Trinajstić information content (AvgIpc) is 3.41. The van der Waals surface area contributed by atoms with Gasteiger partial charge in [-0.05, 0) is 43.5 Å². The van der Waals surface area contributed by atoms with Crippen molar-refractivity contribution in [1.82, 2.24) is 15.6 Å². The fourth-order valence-corrected chi connectivity index (χ4v) is 4.18. The Hall–Kier alpha value is -1.84. The maximum atomic E-state index is 14.1. The summed E-state index contributed by atoms with van der Waals surface area (Å²) in [7, 11) is 0. The molecule has 1 saturated heterocycles. The Morgan fingerprint density at radius 2 is 1.97 bits per heavy atom. The molecule has 30 heavy (non-hydrogen) atoms. The molecular weight excluding hydrogens is 496 g/mol. The predicted octanol–water partition coefficient (Wildman–Crippen LogP) is 4.12. The topological polar surface area (TPSA) is 65.7 Å². The second kappa shape index (κ2) is 11.5. The highest BCUT2D eigenvalue weighted by molar-refractivity contribution is 14.0. The van der Waals surface area contributed by atoms with Gasteiger partial charge in [0, 0.05) is 44.3 Å². The molecule has 0 spiro atoms. The van der Waals surface area contributed by atoms with E-state index in [4.69, 9.17) is 9.41 Å². The van der Waals surface area contributed by atoms with Crippen molar-refractivity contribution in [2.75, 3.05) is 24.5 Å². The third-order valence-corrected chi connectivity index (χ3v) is 5.72. The van der Waals surface area contributed by atoms with E-state index in [1.165, 1.54) is 38.2 Å². The molecule has 0 radical (unpaired) electrons. The number of nitrogens with one attached hydrogen (secondary N) is 2. The van der Waals surface area contributed by atoms with Crippen molar-refractivity contribution in [2.45, 2.75) is 57.0 Å². The smallest absolute Gasteiger partial charge is 0.191 e. The fraction of sp³-hybridized carbons (Fsp3) is 0.545. The Morgan fingerprint density at radius 1 is 1.13 bits per heavy atom. The molecule has 1 atom stereocenters. The Morgan fingerprint density at radius 3 is 2.73 bits per heavy atom. The Bertz CT molecular complexity index is 795. The predicted molar refractivity (Wildman–Crippen MR) is 128 cm³/mol. The zero-order valence-electron chi connectivity index (χ0n) is 17.2. The number of furan rings is 1. The van der Waals surface area contributed by atoms with Crippen LogP contribution < -0.4 is 15.5 Å². The maximum absolute atomic E-state index is 14.1. The molecule has 0 bridgehead atoms. The molecule has 6 nitrogen and oxygen atoms in total. The zero-order chi connectivity index (χ0) is 19.9. The Kier molecular flexibility index (Phi) is 8.77. The molecule has 1 aliphatic carbocycles. The molecule has 0 amide bonds. The average molecular weight is 527 g/mol. The van der Waals surface area contributed by atoms with Crippen molar-refractivity contribution in [1.29, 1.82) is 0 Å². The summed E-state index contributed by atoms with van der Waals surface area (Å²) in [5.74, 6) is 1.98. The van der Waals surface area contributed by atoms with Gasteiger partial charge in [0.1, 0.15) is 5.76 Å². The van der Waals surface area contributed by atoms with Crippen molar-refractivity contribution < 1.29 is 8.81 Å². The number of aliphatic imine (C=N–C) groups is 1. The van der Waals surface area contributed by atoms with Gasteiger partial charge in [-0.25, -0.2) is 9.37 Å². The summed E-state index contributed by atoms with van der Waals surface area (Å²) in [6.07, 6.45) is 11.3. The first-order valence-corrected chi connectivity index (χ1v) is 10.7. The molecule has 0 aromatic carbocycles. The van der Waals surface area contributed by atoms with Gasteiger partial charge in [-0.2, -0.15) is 0 Å². The molecule has 164 valence electrons. The second-order valence-corrected chi connectivity index (χ2v) is 7.92. The second-order valence-electron chi connectivity index (χ2n) is 7.92. The van der Waals surface area contributed by atoms with Crippen molar-refractivity contribution >= 4 is 35.8 Å². The SMILES string of the molecule is Fc1cccnc1N1CCC(NC(=NCCc2ccco2)NC2CCCCC2)C1.I. The minimum atomic E-state index is -0.263. The van der Waals surface area contributed by atoms with E-state index in [1.54, 1.807) is 18.5 Å². The standard InChI is InChI=1S/C22H30FN5O.HI/c23-20-9-4-12-24-21(20)28-14-11-18(16-28)27-22(26-17-6-2-1-3-7-17)25-13-10-19-8-5-15-29-19;/h4-5,8-9,12,15,17-18H,1-3,6-7,10-11,13-14,16H2,(H2,25,26,27);1H. The molecule has 2 fully saturated rings. The van der Waals surface area contributed by atoms with Gasteiger partial charge >= 0.3 is 0 Å². The van der Waals surface area contributed by atoms with Crippen molar-refractivity contribution in [3.8, 4) is 0 Å². The molecule has 1 saturated carbocycles. The molecule has 2 N–H and O–H groups in total. The van der Waals surface area contributed by atoms with Crippen LogP contribution in [0.5, 0.6) is 0 Å². The maximum Gasteiger partial charge on any atom is 0.191 e. The van der Waals surface area contributed by atoms with E-state index in [9.17, 15) is 4.39 Å². The van der Waals surface area contributed by atoms with E-state index < -0.39 is 0 Å². The zero-order valence-corrected chi connectivity index (χ0v) is 19.6. The highest BCUT2D eigenvalue weighted by Crippen LogP contribution is 2.21. The first-order chi connectivity index (χ1) is 14.3. The summed E-state index contributed by atoms with van der Waals surface area (Å²) in [6.45, 7) is 2.17. The molecule has 4 rings (SSSR count). The first-order valence-electron chi connectivity index (χ1n) is 10.7. The van der Waals surface area contributed by atoms with Crippen molar-refractivity contribution in [3.05, 3.63) is 48.3 Å². The van der Waals surface area contributed by atoms with E-state index in [2.05, 4.69) is 15.6 Å². The van der Waals surface area contributed by atoms with Crippen LogP contribution in [0.15, 0.2) is 46.1 Å². The molecule has 1 aliphatic heterocycles. The van der Waals surface area contributed by atoms with Crippen LogP contribution in [-0.4, -0.2) is 42.7 Å². The summed E-state index contributed by atoms with van der Waals surface area (Å²) in [6, 6.07) is 7.67. The van der Waals surface area contributed by atoms with E-state index in [0.29, 0.717) is 18.4 Å². The summed E-state index contributed by atoms with van der Waals surface area (Å²) < 4.78 is 19.5. The number of hydrogen-bond donors (Lipinski definition) is 2. The lowest BCUT2D eigenvalue weighted by molar-refractivity contribution is 0.408. The molecule has 2 aromatic rings. The first kappa shape index (κ1) is 22.8. The summed E-state index contributed by atoms with van der Waals surface area (Å²) in [5, 5.41) is 7.21. The highest BCUT2D eigenvalue weighted by Gasteiger charge is 2.26. The van der Waals surface area contributed by atoms with Crippen LogP contribution in [0.1, 0.15) is 44.3 Å². The van der Waals surface area contributed by atoms with Gasteiger partial charge in [-0.1, -0.05) is 19.3 Å². The van der Waals surface area contributed by atoms with Crippen LogP contribution in [0.25, 0.3) is 0 Å². The number of halogens is 2. The van der Waals surface area contributed by atoms with Crippen LogP contribution >= 0.6 is 24.0 Å². The number of pyridine rings is 1. The number of rotatable bonds is 6. The lowest BCUT2D eigenvalue weighted by Gasteiger charge is -2.26. The van der Waals surface area contributed by atoms with Gasteiger partial charge in [0.15, 0.2) is 17.6 Å². The lowest BCUT2D eigenvalue weighted by atomic mass is 9.96. The van der Waals surface area contributed by atoms with E-state index in [0.717, 1.165) is 37.7 Å². The van der Waals surface area contributed by atoms with Gasteiger partial charge in [0.25, 0.3) is 0 Å². The quantitative estimate of drug-likeness (QED) is 0.336. The number of hydrogen-bond acceptors (Lipinski definition) is 4. The van der Waals surface area contributed by atoms with Crippen molar-refractivity contribution in [3.63, 3.8) is 0 Å². The Labute approximate surface area is 194 Å². The largest absolute Gasteiger partial charge is 0.469 e. The van der Waals surface area contributed by atoms with Crippen LogP contribution in [0.2, 0.25) is 0 Å². The van der Waals surface area contributed by atoms with Gasteiger partial charge in [0.2, 0.25) is 0 Å². The molecule has 3 heterocycles. The summed E-state index contributed by atoms with van der Waals surface area (Å²) in [5.41, 5.74) is 0. The Balaban J connectivity index is 0.00000256. The third-order valence-electron chi connectivity index (χ3n) is 5.72. The minimum absolute atomic E-state index is 0. The van der Waals surface area contributed by atoms with E-state index in [-0.39, 0.29) is 35.8 Å². The van der Waals surface area contributed by atoms with E-state index in [1.807, 2.05) is 17.0 Å². The van der Waals surface area contributed by atoms with Gasteiger partial charge in [0.05, 0.1) is 6.26 Å². The molecule has 1 unspecified atom stereocenters. The molecule has 2 aliphatic rings. The third kappa shape index (κ3) is 6.33. The van der Waals surface area contributed by atoms with Crippen LogP contribution in [0.3, 0.4) is 0 Å². The normalized spacial score (nSPS) is 20.1.